The van der Waals surface area contributed by atoms with Crippen LogP contribution in [0.5, 0.6) is 0 Å². The molecule has 0 radical (unpaired) electrons. The van der Waals surface area contributed by atoms with E-state index in [1.165, 1.54) is 44.7 Å². The number of hydrogen-bond acceptors (Lipinski definition) is 7. The lowest BCUT2D eigenvalue weighted by Gasteiger charge is -2.38. The predicted octanol–water partition coefficient (Wildman–Crippen LogP) is 5.85. The summed E-state index contributed by atoms with van der Waals surface area (Å²) in [7, 11) is 2.81. The van der Waals surface area contributed by atoms with Crippen LogP contribution in [0.1, 0.15) is 125 Å². The second-order valence-electron chi connectivity index (χ2n) is 18.7. The van der Waals surface area contributed by atoms with E-state index in [1.54, 1.807) is 18.2 Å². The normalized spacial score (nSPS) is 22.5. The molecule has 1 saturated carbocycles. The first-order valence-electron chi connectivity index (χ1n) is 22.3. The number of carbonyl (C=O) groups is 7. The van der Waals surface area contributed by atoms with E-state index in [4.69, 9.17) is 23.2 Å². The standard InChI is InChI=1S/C45H68Cl2F3N7O7/c1-10-31(54-42(64)44(45(48,49)50)19-13-11-14-20-44)36(58)52-32(22-26(2)3)39(61)56(8)34-16-12-15-21-51-41(63)43(6,7)55-38(60)35(25-28-24-29(46)17-18-30(28)47)57(9)40(62)33(23-27(4)5)53-37(34)59/h17-18,24,26-27,31-35H,10-16,19-23,25H2,1-9H3,(H,51,63)(H,52,58)(H,53,59)(H,54,64)(H,55,60)/t31-,32-,33-,34-,35-/m0/s1. The zero-order valence-electron chi connectivity index (χ0n) is 38.6. The van der Waals surface area contributed by atoms with Crippen LogP contribution in [-0.2, 0) is 40.0 Å². The van der Waals surface area contributed by atoms with Crippen LogP contribution in [0.2, 0.25) is 10.0 Å². The SMILES string of the molecule is CC[C@H](NC(=O)C1(C(F)(F)F)CCCCC1)C(=O)N[C@@H](CC(C)C)C(=O)N(C)[C@H]1CCCCNC(=O)C(C)(C)NC(=O)[C@H](Cc2cc(Cl)ccc2Cl)N(C)C(=O)[C@H](CC(C)C)NC1=O. The minimum absolute atomic E-state index is 0.0585. The first-order valence-corrected chi connectivity index (χ1v) is 23.1. The van der Waals surface area contributed by atoms with Crippen molar-refractivity contribution in [1.82, 2.24) is 36.4 Å². The molecule has 1 aliphatic carbocycles. The molecule has 0 spiro atoms. The van der Waals surface area contributed by atoms with Gasteiger partial charge < -0.3 is 36.4 Å². The minimum Gasteiger partial charge on any atom is -0.354 e. The number of likely N-dealkylation sites (N-methyl/N-ethyl adjacent to an activating group) is 2. The van der Waals surface area contributed by atoms with Crippen molar-refractivity contribution in [3.63, 3.8) is 0 Å². The summed E-state index contributed by atoms with van der Waals surface area (Å²) in [5.74, 6) is -5.57. The van der Waals surface area contributed by atoms with Crippen LogP contribution in [0.25, 0.3) is 0 Å². The number of hydrogen-bond donors (Lipinski definition) is 5. The Bertz CT molecular complexity index is 1840. The Hall–Kier alpha value is -4.12. The molecule has 1 aromatic carbocycles. The molecule has 1 heterocycles. The summed E-state index contributed by atoms with van der Waals surface area (Å²) in [4.78, 5) is 101. The van der Waals surface area contributed by atoms with Crippen LogP contribution in [-0.4, -0.2) is 114 Å². The molecule has 19 heteroatoms. The summed E-state index contributed by atoms with van der Waals surface area (Å²) >= 11 is 12.8. The number of benzene rings is 1. The predicted molar refractivity (Wildman–Crippen MR) is 239 cm³/mol. The van der Waals surface area contributed by atoms with Crippen molar-refractivity contribution in [3.8, 4) is 0 Å². The van der Waals surface area contributed by atoms with Gasteiger partial charge in [0.05, 0.1) is 0 Å². The van der Waals surface area contributed by atoms with E-state index in [0.29, 0.717) is 34.9 Å². The molecular formula is C45H68Cl2F3N7O7. The Labute approximate surface area is 385 Å². The van der Waals surface area contributed by atoms with Gasteiger partial charge in [0.1, 0.15) is 41.2 Å². The molecule has 1 aromatic rings. The summed E-state index contributed by atoms with van der Waals surface area (Å²) in [6, 6.07) is -1.52. The Kier molecular flexibility index (Phi) is 19.8. The van der Waals surface area contributed by atoms with Gasteiger partial charge in [-0.3, -0.25) is 33.6 Å². The topological polar surface area (TPSA) is 186 Å². The second kappa shape index (κ2) is 23.4. The molecule has 14 nitrogen and oxygen atoms in total. The Morgan fingerprint density at radius 3 is 2.14 bits per heavy atom. The third-order valence-electron chi connectivity index (χ3n) is 12.2. The zero-order valence-corrected chi connectivity index (χ0v) is 40.1. The van der Waals surface area contributed by atoms with Gasteiger partial charge in [-0.05, 0) is 101 Å². The molecule has 7 amide bonds. The van der Waals surface area contributed by atoms with Gasteiger partial charge in [-0.15, -0.1) is 0 Å². The van der Waals surface area contributed by atoms with Gasteiger partial charge in [0.15, 0.2) is 0 Å². The molecule has 2 fully saturated rings. The van der Waals surface area contributed by atoms with E-state index in [2.05, 4.69) is 26.6 Å². The van der Waals surface area contributed by atoms with Crippen LogP contribution in [0.4, 0.5) is 13.2 Å². The average molecular weight is 947 g/mol. The number of halogens is 5. The van der Waals surface area contributed by atoms with Crippen molar-refractivity contribution in [2.24, 2.45) is 17.3 Å². The first kappa shape index (κ1) is 54.2. The Balaban J connectivity index is 1.99. The highest BCUT2D eigenvalue weighted by molar-refractivity contribution is 6.33. The maximum absolute atomic E-state index is 14.5. The maximum atomic E-state index is 14.5. The van der Waals surface area contributed by atoms with Gasteiger partial charge in [-0.1, -0.05) is 77.1 Å². The van der Waals surface area contributed by atoms with E-state index >= 15 is 0 Å². The van der Waals surface area contributed by atoms with Crippen molar-refractivity contribution < 1.29 is 46.7 Å². The van der Waals surface area contributed by atoms with Crippen LogP contribution >= 0.6 is 23.2 Å². The fourth-order valence-corrected chi connectivity index (χ4v) is 8.71. The molecule has 5 N–H and O–H groups in total. The number of amides is 7. The lowest BCUT2D eigenvalue weighted by Crippen LogP contribution is -2.62. The van der Waals surface area contributed by atoms with E-state index in [-0.39, 0.29) is 76.2 Å². The summed E-state index contributed by atoms with van der Waals surface area (Å²) in [6.45, 7) is 12.1. The van der Waals surface area contributed by atoms with Crippen molar-refractivity contribution in [3.05, 3.63) is 33.8 Å². The number of rotatable bonds is 13. The molecule has 0 unspecified atom stereocenters. The molecule has 0 aromatic heterocycles. The highest BCUT2D eigenvalue weighted by Gasteiger charge is 2.60. The minimum atomic E-state index is -4.83. The Morgan fingerprint density at radius 2 is 1.56 bits per heavy atom. The van der Waals surface area contributed by atoms with E-state index in [9.17, 15) is 46.7 Å². The smallest absolute Gasteiger partial charge is 0.354 e. The molecule has 360 valence electrons. The van der Waals surface area contributed by atoms with Gasteiger partial charge >= 0.3 is 6.18 Å². The Morgan fingerprint density at radius 1 is 0.922 bits per heavy atom. The van der Waals surface area contributed by atoms with Crippen LogP contribution in [0.3, 0.4) is 0 Å². The number of carbonyl (C=O) groups excluding carboxylic acids is 7. The van der Waals surface area contributed by atoms with E-state index in [1.807, 2.05) is 27.7 Å². The monoisotopic (exact) mass is 945 g/mol. The molecule has 5 atom stereocenters. The third kappa shape index (κ3) is 14.2. The highest BCUT2D eigenvalue weighted by Crippen LogP contribution is 2.49. The number of nitrogens with one attached hydrogen (secondary N) is 5. The fourth-order valence-electron chi connectivity index (χ4n) is 8.32. The summed E-state index contributed by atoms with van der Waals surface area (Å²) in [6.07, 6.45) is -3.77. The molecule has 3 rings (SSSR count). The lowest BCUT2D eigenvalue weighted by molar-refractivity contribution is -0.230. The van der Waals surface area contributed by atoms with Gasteiger partial charge in [0.25, 0.3) is 0 Å². The molecule has 0 bridgehead atoms. The van der Waals surface area contributed by atoms with Crippen molar-refractivity contribution >= 4 is 64.6 Å². The lowest BCUT2D eigenvalue weighted by atomic mass is 9.72. The van der Waals surface area contributed by atoms with Crippen LogP contribution in [0, 0.1) is 17.3 Å². The highest BCUT2D eigenvalue weighted by atomic mass is 35.5. The fraction of sp³-hybridized carbons (Fsp3) is 0.711. The van der Waals surface area contributed by atoms with Crippen molar-refractivity contribution in [2.45, 2.75) is 167 Å². The maximum Gasteiger partial charge on any atom is 0.403 e. The van der Waals surface area contributed by atoms with E-state index < -0.39 is 88.7 Å². The van der Waals surface area contributed by atoms with Gasteiger partial charge in [0.2, 0.25) is 41.4 Å². The average Bonchev–Trinajstić information content (AvgIpc) is 3.21. The quantitative estimate of drug-likeness (QED) is 0.164. The molecule has 1 saturated heterocycles. The largest absolute Gasteiger partial charge is 0.403 e. The zero-order chi connectivity index (χ0) is 48.3. The first-order chi connectivity index (χ1) is 29.8. The number of nitrogens with zero attached hydrogens (tertiary/aromatic N) is 2. The van der Waals surface area contributed by atoms with Crippen LogP contribution < -0.4 is 26.6 Å². The molecule has 1 aliphatic heterocycles. The number of alkyl halides is 3. The second-order valence-corrected chi connectivity index (χ2v) is 19.5. The summed E-state index contributed by atoms with van der Waals surface area (Å²) in [5.41, 5.74) is -3.58. The molecule has 2 aliphatic rings. The summed E-state index contributed by atoms with van der Waals surface area (Å²) < 4.78 is 43.1. The molecule has 64 heavy (non-hydrogen) atoms. The van der Waals surface area contributed by atoms with Crippen LogP contribution in [0.15, 0.2) is 18.2 Å². The van der Waals surface area contributed by atoms with Gasteiger partial charge in [-0.2, -0.15) is 13.2 Å². The molecular weight excluding hydrogens is 878 g/mol. The van der Waals surface area contributed by atoms with Gasteiger partial charge in [-0.25, -0.2) is 0 Å². The summed E-state index contributed by atoms with van der Waals surface area (Å²) in [5, 5.41) is 14.1. The van der Waals surface area contributed by atoms with Crippen molar-refractivity contribution in [2.75, 3.05) is 20.6 Å². The van der Waals surface area contributed by atoms with Crippen molar-refractivity contribution in [1.29, 1.82) is 0 Å². The third-order valence-corrected chi connectivity index (χ3v) is 12.8. The van der Waals surface area contributed by atoms with E-state index in [0.717, 1.165) is 0 Å². The van der Waals surface area contributed by atoms with Gasteiger partial charge in [0, 0.05) is 37.1 Å².